The third kappa shape index (κ3) is 5.95. The predicted molar refractivity (Wildman–Crippen MR) is 302 cm³/mol. The summed E-state index contributed by atoms with van der Waals surface area (Å²) < 4.78 is 2.27. The van der Waals surface area contributed by atoms with Gasteiger partial charge in [-0.2, -0.15) is 0 Å². The van der Waals surface area contributed by atoms with Crippen molar-refractivity contribution >= 4 is 32.6 Å². The minimum atomic E-state index is -0.604. The van der Waals surface area contributed by atoms with E-state index < -0.39 is 10.8 Å². The van der Waals surface area contributed by atoms with Crippen molar-refractivity contribution < 1.29 is 0 Å². The van der Waals surface area contributed by atoms with Crippen molar-refractivity contribution in [3.05, 3.63) is 324 Å². The van der Waals surface area contributed by atoms with Crippen LogP contribution in [0.2, 0.25) is 0 Å². The van der Waals surface area contributed by atoms with Gasteiger partial charge in [-0.15, -0.1) is 0 Å². The summed E-state index contributed by atoms with van der Waals surface area (Å²) in [5, 5.41) is 5.23. The highest BCUT2D eigenvalue weighted by Gasteiger charge is 2.48. The molecule has 2 nitrogen and oxygen atoms in total. The molecule has 0 bridgehead atoms. The van der Waals surface area contributed by atoms with Gasteiger partial charge in [-0.25, -0.2) is 4.98 Å². The molecule has 0 saturated heterocycles. The van der Waals surface area contributed by atoms with Gasteiger partial charge in [0.15, 0.2) is 0 Å². The number of hydrogen-bond donors (Lipinski definition) is 0. The number of imidazole rings is 1. The highest BCUT2D eigenvalue weighted by molar-refractivity contribution is 6.17. The van der Waals surface area contributed by atoms with Gasteiger partial charge in [0.1, 0.15) is 5.82 Å². The molecule has 2 aliphatic carbocycles. The second-order valence-electron chi connectivity index (χ2n) is 19.7. The first-order chi connectivity index (χ1) is 36.2. The molecular weight excluding hydrogens is 881 g/mol. The molecule has 73 heavy (non-hydrogen) atoms. The Kier molecular flexibility index (Phi) is 9.12. The molecule has 0 amide bonds. The van der Waals surface area contributed by atoms with Crippen LogP contribution in [0.1, 0.15) is 44.5 Å². The summed E-state index contributed by atoms with van der Waals surface area (Å²) in [4.78, 5) is 5.18. The van der Waals surface area contributed by atoms with Crippen LogP contribution in [0.15, 0.2) is 279 Å². The average molecular weight is 927 g/mol. The van der Waals surface area contributed by atoms with Gasteiger partial charge >= 0.3 is 0 Å². The molecule has 1 heterocycles. The molecule has 0 spiro atoms. The Hall–Kier alpha value is -9.37. The van der Waals surface area contributed by atoms with Crippen molar-refractivity contribution in [1.29, 1.82) is 0 Å². The Bertz CT molecular complexity index is 4190. The molecule has 0 fully saturated rings. The zero-order valence-electron chi connectivity index (χ0n) is 40.0. The molecule has 0 N–H and O–H groups in total. The molecule has 13 aromatic rings. The average Bonchev–Trinajstić information content (AvgIpc) is 4.11. The summed E-state index contributed by atoms with van der Waals surface area (Å²) in [6, 6.07) is 104. The summed E-state index contributed by atoms with van der Waals surface area (Å²) >= 11 is 0. The summed E-state index contributed by atoms with van der Waals surface area (Å²) in [5.41, 5.74) is 20.7. The molecule has 0 aliphatic heterocycles. The lowest BCUT2D eigenvalue weighted by atomic mass is 9.66. The maximum atomic E-state index is 5.18. The number of benzene rings is 12. The zero-order chi connectivity index (χ0) is 48.1. The molecule has 340 valence electrons. The first kappa shape index (κ1) is 41.4. The predicted octanol–water partition coefficient (Wildman–Crippen LogP) is 17.4. The van der Waals surface area contributed by atoms with Gasteiger partial charge in [-0.05, 0) is 148 Å². The topological polar surface area (TPSA) is 17.8 Å². The Morgan fingerprint density at radius 1 is 0.288 bits per heavy atom. The van der Waals surface area contributed by atoms with E-state index in [1.807, 2.05) is 0 Å². The molecule has 0 radical (unpaired) electrons. The van der Waals surface area contributed by atoms with Gasteiger partial charge in [0.2, 0.25) is 0 Å². The van der Waals surface area contributed by atoms with E-state index in [-0.39, 0.29) is 0 Å². The van der Waals surface area contributed by atoms with Gasteiger partial charge in [-0.1, -0.05) is 231 Å². The smallest absolute Gasteiger partial charge is 0.145 e. The SMILES string of the molecule is c1ccc(-n2c(-c3ccc(-c4ccc5c(c4)C(c4ccccc4)(c4ccccc4)c4cc(-c6cc7c8c(ccc9cccc(c98)C7(c7ccccc7)c7ccccc7)c6)ccc4-5)cc3)nc3ccccc32)cc1. The quantitative estimate of drug-likeness (QED) is 0.139. The van der Waals surface area contributed by atoms with Crippen molar-refractivity contribution in [2.24, 2.45) is 0 Å². The van der Waals surface area contributed by atoms with Gasteiger partial charge in [0, 0.05) is 11.3 Å². The standard InChI is InChI=1S/C71H46N2/c1-6-20-54(21-7-1)70(55-22-8-2-9-23-55)61-30-18-19-48-35-38-52-43-53(46-64(70)68(52)67(48)61)51-40-42-60-59-41-39-50(44-62(59)71(63(60)45-51,56-24-10-3-11-25-56)57-26-12-4-13-27-57)47-33-36-49(37-34-47)69-72-65-31-16-17-32-66(65)73(69)58-28-14-5-15-29-58/h1-46H. The van der Waals surface area contributed by atoms with Gasteiger partial charge in [0.25, 0.3) is 0 Å². The third-order valence-electron chi connectivity index (χ3n) is 16.1. The minimum Gasteiger partial charge on any atom is -0.292 e. The van der Waals surface area contributed by atoms with E-state index in [4.69, 9.17) is 4.98 Å². The van der Waals surface area contributed by atoms with Gasteiger partial charge < -0.3 is 0 Å². The first-order valence-electron chi connectivity index (χ1n) is 25.4. The van der Waals surface area contributed by atoms with Gasteiger partial charge in [-0.3, -0.25) is 4.57 Å². The van der Waals surface area contributed by atoms with E-state index in [0.29, 0.717) is 0 Å². The van der Waals surface area contributed by atoms with Gasteiger partial charge in [0.05, 0.1) is 21.9 Å². The molecule has 0 atom stereocenters. The zero-order valence-corrected chi connectivity index (χ0v) is 40.0. The van der Waals surface area contributed by atoms with Crippen LogP contribution in [0.25, 0.3) is 83.0 Å². The monoisotopic (exact) mass is 926 g/mol. The lowest BCUT2D eigenvalue weighted by Gasteiger charge is -2.35. The summed E-state index contributed by atoms with van der Waals surface area (Å²) in [7, 11) is 0. The summed E-state index contributed by atoms with van der Waals surface area (Å²) in [6.45, 7) is 0. The van der Waals surface area contributed by atoms with E-state index in [1.165, 1.54) is 93.9 Å². The largest absolute Gasteiger partial charge is 0.292 e. The fraction of sp³-hybridized carbons (Fsp3) is 0.0282. The normalized spacial score (nSPS) is 13.7. The van der Waals surface area contributed by atoms with Crippen LogP contribution < -0.4 is 0 Å². The van der Waals surface area contributed by atoms with Crippen molar-refractivity contribution in [2.45, 2.75) is 10.8 Å². The van der Waals surface area contributed by atoms with E-state index in [2.05, 4.69) is 284 Å². The van der Waals surface area contributed by atoms with Crippen LogP contribution in [0, 0.1) is 0 Å². The summed E-state index contributed by atoms with van der Waals surface area (Å²) in [6.07, 6.45) is 0. The van der Waals surface area contributed by atoms with Crippen LogP contribution in [-0.4, -0.2) is 9.55 Å². The van der Waals surface area contributed by atoms with E-state index in [1.54, 1.807) is 0 Å². The highest BCUT2D eigenvalue weighted by atomic mass is 15.1. The molecule has 12 aromatic carbocycles. The number of hydrogen-bond acceptors (Lipinski definition) is 1. The number of para-hydroxylation sites is 3. The lowest BCUT2D eigenvalue weighted by Crippen LogP contribution is -2.29. The number of rotatable bonds is 8. The lowest BCUT2D eigenvalue weighted by molar-refractivity contribution is 0.768. The Morgan fingerprint density at radius 3 is 1.33 bits per heavy atom. The molecule has 0 unspecified atom stereocenters. The Morgan fingerprint density at radius 2 is 0.740 bits per heavy atom. The molecular formula is C71H46N2. The number of nitrogens with zero attached hydrogens (tertiary/aromatic N) is 2. The first-order valence-corrected chi connectivity index (χ1v) is 25.4. The molecule has 2 heteroatoms. The Labute approximate surface area is 424 Å². The second-order valence-corrected chi connectivity index (χ2v) is 19.7. The molecule has 1 aromatic heterocycles. The third-order valence-corrected chi connectivity index (χ3v) is 16.1. The van der Waals surface area contributed by atoms with Crippen molar-refractivity contribution in [2.75, 3.05) is 0 Å². The van der Waals surface area contributed by atoms with E-state index >= 15 is 0 Å². The second kappa shape index (κ2) is 16.1. The molecule has 15 rings (SSSR count). The van der Waals surface area contributed by atoms with Crippen LogP contribution in [0.3, 0.4) is 0 Å². The summed E-state index contributed by atoms with van der Waals surface area (Å²) in [5.74, 6) is 0.926. The van der Waals surface area contributed by atoms with Crippen molar-refractivity contribution in [1.82, 2.24) is 9.55 Å². The Balaban J connectivity index is 0.920. The fourth-order valence-electron chi connectivity index (χ4n) is 13.0. The number of fused-ring (bicyclic) bond motifs is 4. The van der Waals surface area contributed by atoms with Crippen molar-refractivity contribution in [3.8, 4) is 50.5 Å². The van der Waals surface area contributed by atoms with E-state index in [9.17, 15) is 0 Å². The van der Waals surface area contributed by atoms with Crippen LogP contribution in [0.4, 0.5) is 0 Å². The maximum absolute atomic E-state index is 5.18. The molecule has 0 saturated carbocycles. The fourth-order valence-corrected chi connectivity index (χ4v) is 13.0. The van der Waals surface area contributed by atoms with Crippen LogP contribution in [0.5, 0.6) is 0 Å². The minimum absolute atomic E-state index is 0.504. The van der Waals surface area contributed by atoms with E-state index in [0.717, 1.165) is 33.7 Å². The van der Waals surface area contributed by atoms with Crippen LogP contribution in [-0.2, 0) is 10.8 Å². The number of aromatic nitrogens is 2. The maximum Gasteiger partial charge on any atom is 0.145 e. The van der Waals surface area contributed by atoms with Crippen LogP contribution >= 0.6 is 0 Å². The highest BCUT2D eigenvalue weighted by Crippen LogP contribution is 2.59. The van der Waals surface area contributed by atoms with Crippen molar-refractivity contribution in [3.63, 3.8) is 0 Å². The molecule has 2 aliphatic rings.